The quantitative estimate of drug-likeness (QED) is 0.901. The van der Waals surface area contributed by atoms with Crippen LogP contribution < -0.4 is 9.46 Å². The van der Waals surface area contributed by atoms with Gasteiger partial charge >= 0.3 is 0 Å². The number of aromatic nitrogens is 1. The van der Waals surface area contributed by atoms with E-state index in [1.54, 1.807) is 30.6 Å². The van der Waals surface area contributed by atoms with Crippen LogP contribution in [0.15, 0.2) is 41.6 Å². The highest BCUT2D eigenvalue weighted by atomic mass is 32.2. The lowest BCUT2D eigenvalue weighted by molar-refractivity contribution is 0.385. The highest BCUT2D eigenvalue weighted by Crippen LogP contribution is 2.37. The number of nitrogens with zero attached hydrogens (tertiary/aromatic N) is 1. The van der Waals surface area contributed by atoms with Crippen molar-refractivity contribution in [2.45, 2.75) is 44.6 Å². The Kier molecular flexibility index (Phi) is 5.30. The highest BCUT2D eigenvalue weighted by Gasteiger charge is 2.27. The van der Waals surface area contributed by atoms with Gasteiger partial charge in [-0.2, -0.15) is 0 Å². The number of ether oxygens (including phenoxy) is 1. The fourth-order valence-electron chi connectivity index (χ4n) is 2.46. The molecule has 0 aliphatic carbocycles. The summed E-state index contributed by atoms with van der Waals surface area (Å²) in [6.45, 7) is 8.19. The molecular weight excluding hydrogens is 324 g/mol. The number of rotatable bonds is 5. The van der Waals surface area contributed by atoms with Crippen molar-refractivity contribution in [1.29, 1.82) is 0 Å². The molecule has 0 aliphatic rings. The Balaban J connectivity index is 2.44. The zero-order chi connectivity index (χ0) is 18.0. The third kappa shape index (κ3) is 4.13. The monoisotopic (exact) mass is 348 g/mol. The number of methoxy groups -OCH3 is 1. The highest BCUT2D eigenvalue weighted by molar-refractivity contribution is 7.89. The predicted octanol–water partition coefficient (Wildman–Crippen LogP) is 3.17. The Labute approximate surface area is 144 Å². The molecular formula is C18H24N2O3S. The number of hydrogen-bond acceptors (Lipinski definition) is 4. The molecule has 2 rings (SSSR count). The number of pyridine rings is 1. The van der Waals surface area contributed by atoms with Crippen molar-refractivity contribution in [2.75, 3.05) is 7.11 Å². The van der Waals surface area contributed by atoms with Crippen LogP contribution in [0.3, 0.4) is 0 Å². The first-order valence-corrected chi connectivity index (χ1v) is 9.21. The summed E-state index contributed by atoms with van der Waals surface area (Å²) in [4.78, 5) is 4.10. The second kappa shape index (κ2) is 6.91. The van der Waals surface area contributed by atoms with E-state index in [4.69, 9.17) is 4.74 Å². The maximum absolute atomic E-state index is 12.8. The molecule has 0 radical (unpaired) electrons. The fraction of sp³-hybridized carbons (Fsp3) is 0.389. The van der Waals surface area contributed by atoms with Crippen LogP contribution >= 0.6 is 0 Å². The van der Waals surface area contributed by atoms with Gasteiger partial charge in [-0.3, -0.25) is 4.98 Å². The minimum Gasteiger partial charge on any atom is -0.495 e. The molecule has 1 aromatic carbocycles. The summed E-state index contributed by atoms with van der Waals surface area (Å²) in [7, 11) is -2.20. The summed E-state index contributed by atoms with van der Waals surface area (Å²) in [5.41, 5.74) is 2.36. The SMILES string of the molecule is COc1c(C(C)(C)C)cc(C)cc1S(=O)(=O)NCc1ccncc1. The number of benzene rings is 1. The molecule has 5 nitrogen and oxygen atoms in total. The van der Waals surface area contributed by atoms with Crippen LogP contribution in [0.2, 0.25) is 0 Å². The fourth-order valence-corrected chi connectivity index (χ4v) is 3.75. The third-order valence-corrected chi connectivity index (χ3v) is 5.12. The lowest BCUT2D eigenvalue weighted by Gasteiger charge is -2.24. The summed E-state index contributed by atoms with van der Waals surface area (Å²) < 4.78 is 33.7. The van der Waals surface area contributed by atoms with E-state index in [-0.39, 0.29) is 16.9 Å². The molecule has 0 bridgehead atoms. The second-order valence-corrected chi connectivity index (χ2v) is 8.51. The Morgan fingerprint density at radius 3 is 2.33 bits per heavy atom. The maximum atomic E-state index is 12.8. The van der Waals surface area contributed by atoms with Crippen LogP contribution in [0.4, 0.5) is 0 Å². The van der Waals surface area contributed by atoms with E-state index in [9.17, 15) is 8.42 Å². The average molecular weight is 348 g/mol. The Bertz CT molecular complexity index is 810. The van der Waals surface area contributed by atoms with E-state index in [1.807, 2.05) is 33.8 Å². The molecule has 130 valence electrons. The topological polar surface area (TPSA) is 68.3 Å². The van der Waals surface area contributed by atoms with Gasteiger partial charge in [0.2, 0.25) is 10.0 Å². The minimum absolute atomic E-state index is 0.170. The van der Waals surface area contributed by atoms with Gasteiger partial charge < -0.3 is 4.74 Å². The van der Waals surface area contributed by atoms with Crippen LogP contribution in [0.5, 0.6) is 5.75 Å². The van der Waals surface area contributed by atoms with Crippen LogP contribution in [0.25, 0.3) is 0 Å². The van der Waals surface area contributed by atoms with Gasteiger partial charge in [-0.05, 0) is 41.7 Å². The Morgan fingerprint density at radius 1 is 1.17 bits per heavy atom. The molecule has 1 N–H and O–H groups in total. The first-order valence-electron chi connectivity index (χ1n) is 7.73. The lowest BCUT2D eigenvalue weighted by atomic mass is 9.85. The standard InChI is InChI=1S/C18H24N2O3S/c1-13-10-15(18(2,3)4)17(23-5)16(11-13)24(21,22)20-12-14-6-8-19-9-7-14/h6-11,20H,12H2,1-5H3. The molecule has 0 amide bonds. The molecule has 0 spiro atoms. The van der Waals surface area contributed by atoms with Crippen molar-refractivity contribution in [3.8, 4) is 5.75 Å². The van der Waals surface area contributed by atoms with Gasteiger partial charge in [-0.15, -0.1) is 0 Å². The molecule has 0 unspecified atom stereocenters. The number of sulfonamides is 1. The first-order chi connectivity index (χ1) is 11.1. The van der Waals surface area contributed by atoms with E-state index >= 15 is 0 Å². The number of nitrogens with one attached hydrogen (secondary N) is 1. The average Bonchev–Trinajstić information content (AvgIpc) is 2.52. The Morgan fingerprint density at radius 2 is 1.79 bits per heavy atom. The minimum atomic E-state index is -3.70. The molecule has 0 saturated heterocycles. The largest absolute Gasteiger partial charge is 0.495 e. The molecule has 0 aliphatic heterocycles. The van der Waals surface area contributed by atoms with Crippen molar-refractivity contribution in [1.82, 2.24) is 9.71 Å². The molecule has 24 heavy (non-hydrogen) atoms. The summed E-state index contributed by atoms with van der Waals surface area (Å²) in [5, 5.41) is 0. The molecule has 0 saturated carbocycles. The van der Waals surface area contributed by atoms with Crippen molar-refractivity contribution in [2.24, 2.45) is 0 Å². The van der Waals surface area contributed by atoms with Gasteiger partial charge in [0.1, 0.15) is 10.6 Å². The van der Waals surface area contributed by atoms with Crippen LogP contribution in [0.1, 0.15) is 37.5 Å². The van der Waals surface area contributed by atoms with Gasteiger partial charge in [0.15, 0.2) is 0 Å². The van der Waals surface area contributed by atoms with E-state index < -0.39 is 10.0 Å². The zero-order valence-corrected chi connectivity index (χ0v) is 15.6. The predicted molar refractivity (Wildman–Crippen MR) is 94.7 cm³/mol. The summed E-state index contributed by atoms with van der Waals surface area (Å²) in [5.74, 6) is 0.398. The van der Waals surface area contributed by atoms with Gasteiger partial charge in [-0.1, -0.05) is 26.8 Å². The van der Waals surface area contributed by atoms with Crippen LogP contribution in [-0.2, 0) is 22.0 Å². The second-order valence-electron chi connectivity index (χ2n) is 6.77. The smallest absolute Gasteiger partial charge is 0.244 e. The summed E-state index contributed by atoms with van der Waals surface area (Å²) in [6.07, 6.45) is 3.27. The lowest BCUT2D eigenvalue weighted by Crippen LogP contribution is -2.25. The first kappa shape index (κ1) is 18.4. The van der Waals surface area contributed by atoms with Gasteiger partial charge in [0.25, 0.3) is 0 Å². The van der Waals surface area contributed by atoms with Gasteiger partial charge in [-0.25, -0.2) is 13.1 Å². The molecule has 6 heteroatoms. The third-order valence-electron chi connectivity index (χ3n) is 3.72. The number of aryl methyl sites for hydroxylation is 1. The Hall–Kier alpha value is -1.92. The maximum Gasteiger partial charge on any atom is 0.244 e. The van der Waals surface area contributed by atoms with Crippen LogP contribution in [0, 0.1) is 6.92 Å². The molecule has 2 aromatic rings. The summed E-state index contributed by atoms with van der Waals surface area (Å²) >= 11 is 0. The van der Waals surface area contributed by atoms with Crippen LogP contribution in [-0.4, -0.2) is 20.5 Å². The normalized spacial score (nSPS) is 12.2. The van der Waals surface area contributed by atoms with E-state index in [0.29, 0.717) is 5.75 Å². The van der Waals surface area contributed by atoms with Gasteiger partial charge in [0.05, 0.1) is 7.11 Å². The molecule has 1 aromatic heterocycles. The molecule has 0 atom stereocenters. The van der Waals surface area contributed by atoms with E-state index in [2.05, 4.69) is 9.71 Å². The van der Waals surface area contributed by atoms with E-state index in [0.717, 1.165) is 16.7 Å². The molecule has 1 heterocycles. The van der Waals surface area contributed by atoms with E-state index in [1.165, 1.54) is 7.11 Å². The van der Waals surface area contributed by atoms with Crippen molar-refractivity contribution in [3.05, 3.63) is 53.3 Å². The summed E-state index contributed by atoms with van der Waals surface area (Å²) in [6, 6.07) is 7.16. The zero-order valence-electron chi connectivity index (χ0n) is 14.8. The van der Waals surface area contributed by atoms with Crippen molar-refractivity contribution >= 4 is 10.0 Å². The van der Waals surface area contributed by atoms with Crippen molar-refractivity contribution < 1.29 is 13.2 Å². The number of hydrogen-bond donors (Lipinski definition) is 1. The van der Waals surface area contributed by atoms with Gasteiger partial charge in [0, 0.05) is 24.5 Å². The molecule has 0 fully saturated rings. The van der Waals surface area contributed by atoms with Crippen molar-refractivity contribution in [3.63, 3.8) is 0 Å².